The summed E-state index contributed by atoms with van der Waals surface area (Å²) in [6.45, 7) is 15.3. The Morgan fingerprint density at radius 3 is 0.857 bits per heavy atom. The molecule has 0 rings (SSSR count). The van der Waals surface area contributed by atoms with E-state index in [1.807, 2.05) is 0 Å². The number of unbranched alkanes of at least 4 members (excludes halogenated alkanes) is 23. The lowest BCUT2D eigenvalue weighted by molar-refractivity contribution is -0.229. The average Bonchev–Trinajstić information content (AvgIpc) is 2.95. The van der Waals surface area contributed by atoms with Gasteiger partial charge in [0.2, 0.25) is 0 Å². The normalized spacial score (nSPS) is 11.4. The summed E-state index contributed by atoms with van der Waals surface area (Å²) in [7, 11) is 0. The summed E-state index contributed by atoms with van der Waals surface area (Å²) in [6.07, 6.45) is 32.6. The quantitative estimate of drug-likeness (QED) is 0.0349. The summed E-state index contributed by atoms with van der Waals surface area (Å²) < 4.78 is 11.8. The summed E-state index contributed by atoms with van der Waals surface area (Å²) in [5, 5.41) is 0. The number of carbonyl (C=O) groups excluding carboxylic acids is 2. The van der Waals surface area contributed by atoms with Crippen molar-refractivity contribution in [1.29, 1.82) is 0 Å². The van der Waals surface area contributed by atoms with Crippen LogP contribution in [-0.4, -0.2) is 17.7 Å². The summed E-state index contributed by atoms with van der Waals surface area (Å²) in [5.41, 5.74) is 0.650. The van der Waals surface area contributed by atoms with E-state index in [1.165, 1.54) is 122 Å². The molecular weight excluding hydrogens is 520 g/mol. The third-order valence-electron chi connectivity index (χ3n) is 8.33. The zero-order chi connectivity index (χ0) is 31.3. The Morgan fingerprint density at radius 2 is 0.643 bits per heavy atom. The molecule has 0 aliphatic rings. The SMILES string of the molecule is C=C(C)C(=O)OC(CCCCCCCCCCCCCC)(CCCCCCCCCCCCCCC)OC(=O)C(=C)C. The second kappa shape index (κ2) is 28.2. The monoisotopic (exact) mass is 591 g/mol. The Morgan fingerprint density at radius 1 is 0.429 bits per heavy atom. The predicted molar refractivity (Wildman–Crippen MR) is 181 cm³/mol. The minimum absolute atomic E-state index is 0.325. The summed E-state index contributed by atoms with van der Waals surface area (Å²) in [5.74, 6) is -2.21. The Bertz CT molecular complexity index is 667. The molecule has 246 valence electrons. The lowest BCUT2D eigenvalue weighted by atomic mass is 9.98. The van der Waals surface area contributed by atoms with Crippen molar-refractivity contribution < 1.29 is 19.1 Å². The van der Waals surface area contributed by atoms with E-state index in [4.69, 9.17) is 9.47 Å². The first-order valence-corrected chi connectivity index (χ1v) is 18.1. The second-order valence-electron chi connectivity index (χ2n) is 12.9. The molecule has 0 saturated heterocycles. The molecule has 0 amide bonds. The lowest BCUT2D eigenvalue weighted by Crippen LogP contribution is -2.40. The molecule has 0 saturated carbocycles. The maximum absolute atomic E-state index is 12.6. The van der Waals surface area contributed by atoms with Gasteiger partial charge in [-0.15, -0.1) is 0 Å². The van der Waals surface area contributed by atoms with Crippen LogP contribution in [0.2, 0.25) is 0 Å². The molecule has 0 N–H and O–H groups in total. The van der Waals surface area contributed by atoms with Gasteiger partial charge in [0.15, 0.2) is 0 Å². The van der Waals surface area contributed by atoms with Crippen molar-refractivity contribution in [2.75, 3.05) is 0 Å². The highest BCUT2D eigenvalue weighted by atomic mass is 16.7. The highest BCUT2D eigenvalue weighted by Crippen LogP contribution is 2.31. The Kier molecular flexibility index (Phi) is 27.1. The molecule has 0 aromatic carbocycles. The van der Waals surface area contributed by atoms with Gasteiger partial charge in [-0.2, -0.15) is 0 Å². The summed E-state index contributed by atoms with van der Waals surface area (Å²) in [4.78, 5) is 25.3. The van der Waals surface area contributed by atoms with Crippen LogP contribution in [-0.2, 0) is 19.1 Å². The topological polar surface area (TPSA) is 52.6 Å². The van der Waals surface area contributed by atoms with Gasteiger partial charge < -0.3 is 9.47 Å². The van der Waals surface area contributed by atoms with E-state index in [1.54, 1.807) is 13.8 Å². The van der Waals surface area contributed by atoms with Crippen LogP contribution in [0.15, 0.2) is 24.3 Å². The van der Waals surface area contributed by atoms with E-state index in [2.05, 4.69) is 27.0 Å². The average molecular weight is 591 g/mol. The lowest BCUT2D eigenvalue weighted by Gasteiger charge is -2.33. The fourth-order valence-corrected chi connectivity index (χ4v) is 5.51. The van der Waals surface area contributed by atoms with E-state index in [0.29, 0.717) is 24.0 Å². The molecule has 4 nitrogen and oxygen atoms in total. The summed E-state index contributed by atoms with van der Waals surface area (Å²) >= 11 is 0. The first kappa shape index (κ1) is 40.4. The molecule has 0 aliphatic carbocycles. The molecule has 42 heavy (non-hydrogen) atoms. The molecule has 0 heterocycles. The molecule has 0 radical (unpaired) electrons. The minimum atomic E-state index is -1.23. The third kappa shape index (κ3) is 23.9. The molecule has 4 heteroatoms. The first-order valence-electron chi connectivity index (χ1n) is 18.1. The fourth-order valence-electron chi connectivity index (χ4n) is 5.51. The van der Waals surface area contributed by atoms with E-state index in [9.17, 15) is 9.59 Å². The Hall–Kier alpha value is -1.58. The van der Waals surface area contributed by atoms with Crippen LogP contribution in [0.4, 0.5) is 0 Å². The zero-order valence-electron chi connectivity index (χ0n) is 28.6. The number of esters is 2. The fraction of sp³-hybridized carbons (Fsp3) is 0.842. The number of hydrogen-bond acceptors (Lipinski definition) is 4. The van der Waals surface area contributed by atoms with Gasteiger partial charge in [-0.05, 0) is 26.7 Å². The number of ether oxygens (including phenoxy) is 2. The van der Waals surface area contributed by atoms with Gasteiger partial charge in [-0.3, -0.25) is 0 Å². The Labute approximate surface area is 261 Å². The molecule has 0 spiro atoms. The van der Waals surface area contributed by atoms with Gasteiger partial charge in [0.1, 0.15) is 0 Å². The molecule has 0 atom stereocenters. The predicted octanol–water partition coefficient (Wildman–Crippen LogP) is 12.5. The number of rotatable bonds is 31. The zero-order valence-corrected chi connectivity index (χ0v) is 28.6. The standard InChI is InChI=1S/C38H70O4/c1-7-9-11-13-15-17-19-21-23-25-27-29-31-33-38(41-36(39)34(3)4,42-37(40)35(5)6)32-30-28-26-24-22-20-18-16-14-12-10-8-2/h3,5,7-33H2,1-2,4,6H3. The molecular formula is C38H70O4. The molecule has 0 aromatic rings. The highest BCUT2D eigenvalue weighted by molar-refractivity contribution is 5.89. The number of carbonyl (C=O) groups is 2. The van der Waals surface area contributed by atoms with Crippen LogP contribution in [0.25, 0.3) is 0 Å². The Balaban J connectivity index is 4.60. The van der Waals surface area contributed by atoms with Gasteiger partial charge in [-0.1, -0.05) is 175 Å². The number of hydrogen-bond donors (Lipinski definition) is 0. The van der Waals surface area contributed by atoms with Crippen LogP contribution in [0.3, 0.4) is 0 Å². The summed E-state index contributed by atoms with van der Waals surface area (Å²) in [6, 6.07) is 0. The van der Waals surface area contributed by atoms with Crippen molar-refractivity contribution in [3.05, 3.63) is 24.3 Å². The van der Waals surface area contributed by atoms with Gasteiger partial charge in [0.25, 0.3) is 5.79 Å². The smallest absolute Gasteiger partial charge is 0.336 e. The van der Waals surface area contributed by atoms with Gasteiger partial charge in [0, 0.05) is 24.0 Å². The van der Waals surface area contributed by atoms with Crippen molar-refractivity contribution in [2.45, 2.75) is 207 Å². The van der Waals surface area contributed by atoms with Crippen molar-refractivity contribution >= 4 is 11.9 Å². The first-order chi connectivity index (χ1) is 20.3. The van der Waals surface area contributed by atoms with Crippen molar-refractivity contribution in [2.24, 2.45) is 0 Å². The molecule has 0 fully saturated rings. The minimum Gasteiger partial charge on any atom is -0.419 e. The second-order valence-corrected chi connectivity index (χ2v) is 12.9. The van der Waals surface area contributed by atoms with Crippen molar-refractivity contribution in [1.82, 2.24) is 0 Å². The van der Waals surface area contributed by atoms with Crippen LogP contribution >= 0.6 is 0 Å². The van der Waals surface area contributed by atoms with Crippen LogP contribution in [0.1, 0.15) is 201 Å². The van der Waals surface area contributed by atoms with Gasteiger partial charge >= 0.3 is 11.9 Å². The third-order valence-corrected chi connectivity index (χ3v) is 8.33. The van der Waals surface area contributed by atoms with Crippen molar-refractivity contribution in [3.63, 3.8) is 0 Å². The van der Waals surface area contributed by atoms with E-state index in [0.717, 1.165) is 38.5 Å². The van der Waals surface area contributed by atoms with E-state index in [-0.39, 0.29) is 0 Å². The van der Waals surface area contributed by atoms with Gasteiger partial charge in [0.05, 0.1) is 0 Å². The highest BCUT2D eigenvalue weighted by Gasteiger charge is 2.38. The molecule has 0 aromatic heterocycles. The largest absolute Gasteiger partial charge is 0.419 e. The maximum Gasteiger partial charge on any atom is 0.336 e. The molecule has 0 unspecified atom stereocenters. The van der Waals surface area contributed by atoms with Crippen LogP contribution < -0.4 is 0 Å². The van der Waals surface area contributed by atoms with E-state index < -0.39 is 17.7 Å². The van der Waals surface area contributed by atoms with Crippen LogP contribution in [0.5, 0.6) is 0 Å². The van der Waals surface area contributed by atoms with Gasteiger partial charge in [-0.25, -0.2) is 9.59 Å². The maximum atomic E-state index is 12.6. The molecule has 0 bridgehead atoms. The van der Waals surface area contributed by atoms with E-state index >= 15 is 0 Å². The van der Waals surface area contributed by atoms with Crippen LogP contribution in [0, 0.1) is 0 Å². The molecule has 0 aliphatic heterocycles. The van der Waals surface area contributed by atoms with Crippen molar-refractivity contribution in [3.8, 4) is 0 Å².